The van der Waals surface area contributed by atoms with E-state index in [0.29, 0.717) is 5.56 Å². The molecule has 1 rings (SSSR count). The number of hydrogen-bond donors (Lipinski definition) is 2. The lowest BCUT2D eigenvalue weighted by Crippen LogP contribution is -2.15. The van der Waals surface area contributed by atoms with Crippen LogP contribution in [0.1, 0.15) is 17.2 Å². The van der Waals surface area contributed by atoms with Crippen LogP contribution >= 0.6 is 11.6 Å². The van der Waals surface area contributed by atoms with Crippen molar-refractivity contribution in [1.82, 2.24) is 0 Å². The molecule has 0 radical (unpaired) electrons. The molecule has 0 spiro atoms. The molecule has 6 heteroatoms. The lowest BCUT2D eigenvalue weighted by Gasteiger charge is -2.16. The van der Waals surface area contributed by atoms with Gasteiger partial charge < -0.3 is 19.7 Å². The van der Waals surface area contributed by atoms with Gasteiger partial charge in [-0.1, -0.05) is 11.6 Å². The van der Waals surface area contributed by atoms with Crippen LogP contribution in [-0.2, 0) is 9.53 Å². The van der Waals surface area contributed by atoms with Crippen LogP contribution < -0.4 is 4.74 Å². The molecule has 1 aromatic rings. The Balaban J connectivity index is 3.38. The molecule has 0 amide bonds. The number of benzene rings is 1. The summed E-state index contributed by atoms with van der Waals surface area (Å²) in [7, 11) is 2.48. The third-order valence-corrected chi connectivity index (χ3v) is 2.72. The number of ether oxygens (including phenoxy) is 2. The van der Waals surface area contributed by atoms with Crippen molar-refractivity contribution in [2.45, 2.75) is 13.0 Å². The van der Waals surface area contributed by atoms with Gasteiger partial charge in [0, 0.05) is 5.56 Å². The summed E-state index contributed by atoms with van der Waals surface area (Å²) in [6.45, 7) is 1.60. The van der Waals surface area contributed by atoms with Crippen molar-refractivity contribution in [1.29, 1.82) is 0 Å². The van der Waals surface area contributed by atoms with Gasteiger partial charge in [-0.3, -0.25) is 0 Å². The molecular weight excluding hydrogens is 248 g/mol. The second kappa shape index (κ2) is 5.25. The zero-order chi connectivity index (χ0) is 13.2. The number of aliphatic hydroxyl groups is 1. The first-order chi connectivity index (χ1) is 7.93. The minimum atomic E-state index is -1.51. The Kier molecular flexibility index (Phi) is 4.20. The summed E-state index contributed by atoms with van der Waals surface area (Å²) in [6.07, 6.45) is -1.51. The number of aryl methyl sites for hydroxylation is 1. The highest BCUT2D eigenvalue weighted by Gasteiger charge is 2.26. The molecule has 0 aliphatic rings. The van der Waals surface area contributed by atoms with E-state index in [4.69, 9.17) is 16.3 Å². The van der Waals surface area contributed by atoms with Gasteiger partial charge >= 0.3 is 5.97 Å². The van der Waals surface area contributed by atoms with Gasteiger partial charge in [-0.2, -0.15) is 0 Å². The number of aromatic hydroxyl groups is 1. The van der Waals surface area contributed by atoms with Crippen molar-refractivity contribution in [3.8, 4) is 11.5 Å². The van der Waals surface area contributed by atoms with Gasteiger partial charge in [0.25, 0.3) is 0 Å². The molecular formula is C11H13ClO5. The highest BCUT2D eigenvalue weighted by molar-refractivity contribution is 6.33. The second-order valence-corrected chi connectivity index (χ2v) is 3.78. The van der Waals surface area contributed by atoms with E-state index >= 15 is 0 Å². The van der Waals surface area contributed by atoms with Crippen LogP contribution in [0.4, 0.5) is 0 Å². The molecule has 17 heavy (non-hydrogen) atoms. The SMILES string of the molecule is COC(=O)C(O)c1c(C)cc(O)c(OC)c1Cl. The predicted octanol–water partition coefficient (Wildman–Crippen LogP) is 1.57. The minimum absolute atomic E-state index is 0.00946. The summed E-state index contributed by atoms with van der Waals surface area (Å²) >= 11 is 5.96. The van der Waals surface area contributed by atoms with Gasteiger partial charge in [-0.15, -0.1) is 0 Å². The topological polar surface area (TPSA) is 76.0 Å². The molecule has 0 heterocycles. The quantitative estimate of drug-likeness (QED) is 0.807. The van der Waals surface area contributed by atoms with E-state index in [1.807, 2.05) is 0 Å². The normalized spacial score (nSPS) is 12.1. The van der Waals surface area contributed by atoms with Crippen LogP contribution in [0.25, 0.3) is 0 Å². The number of carbonyl (C=O) groups excluding carboxylic acids is 1. The first-order valence-electron chi connectivity index (χ1n) is 4.75. The number of phenolic OH excluding ortho intramolecular Hbond substituents is 1. The van der Waals surface area contributed by atoms with E-state index in [0.717, 1.165) is 7.11 Å². The van der Waals surface area contributed by atoms with Gasteiger partial charge in [0.1, 0.15) is 0 Å². The number of carbonyl (C=O) groups is 1. The van der Waals surface area contributed by atoms with Gasteiger partial charge in [0.2, 0.25) is 0 Å². The zero-order valence-corrected chi connectivity index (χ0v) is 10.4. The number of phenols is 1. The van der Waals surface area contributed by atoms with Crippen molar-refractivity contribution in [3.63, 3.8) is 0 Å². The summed E-state index contributed by atoms with van der Waals surface area (Å²) in [5, 5.41) is 19.3. The number of hydrogen-bond acceptors (Lipinski definition) is 5. The lowest BCUT2D eigenvalue weighted by molar-refractivity contribution is -0.150. The van der Waals surface area contributed by atoms with Crippen molar-refractivity contribution in [3.05, 3.63) is 22.2 Å². The Labute approximate surface area is 104 Å². The molecule has 0 bridgehead atoms. The van der Waals surface area contributed by atoms with Crippen LogP contribution in [0.2, 0.25) is 5.02 Å². The number of rotatable bonds is 3. The van der Waals surface area contributed by atoms with Crippen molar-refractivity contribution in [2.75, 3.05) is 14.2 Å². The molecule has 0 saturated heterocycles. The highest BCUT2D eigenvalue weighted by atomic mass is 35.5. The Morgan fingerprint density at radius 1 is 1.47 bits per heavy atom. The fourth-order valence-electron chi connectivity index (χ4n) is 1.52. The Bertz CT molecular complexity index is 444. The molecule has 0 aromatic heterocycles. The Morgan fingerprint density at radius 2 is 2.06 bits per heavy atom. The average Bonchev–Trinajstić information content (AvgIpc) is 2.27. The number of halogens is 1. The molecule has 1 unspecified atom stereocenters. The maximum absolute atomic E-state index is 11.3. The number of aliphatic hydroxyl groups excluding tert-OH is 1. The zero-order valence-electron chi connectivity index (χ0n) is 9.65. The van der Waals surface area contributed by atoms with Crippen LogP contribution in [0.15, 0.2) is 6.07 Å². The maximum atomic E-state index is 11.3. The maximum Gasteiger partial charge on any atom is 0.339 e. The van der Waals surface area contributed by atoms with Gasteiger partial charge in [0.05, 0.1) is 19.2 Å². The van der Waals surface area contributed by atoms with E-state index < -0.39 is 12.1 Å². The van der Waals surface area contributed by atoms with Crippen LogP contribution in [0.3, 0.4) is 0 Å². The smallest absolute Gasteiger partial charge is 0.339 e. The first-order valence-corrected chi connectivity index (χ1v) is 5.13. The fourth-order valence-corrected chi connectivity index (χ4v) is 1.94. The molecule has 1 atom stereocenters. The molecule has 2 N–H and O–H groups in total. The van der Waals surface area contributed by atoms with E-state index in [-0.39, 0.29) is 22.1 Å². The number of methoxy groups -OCH3 is 2. The summed E-state index contributed by atoms with van der Waals surface area (Å²) in [5.74, 6) is -0.978. The monoisotopic (exact) mass is 260 g/mol. The molecule has 0 saturated carbocycles. The summed E-state index contributed by atoms with van der Waals surface area (Å²) in [5.41, 5.74) is 0.624. The third kappa shape index (κ3) is 2.45. The van der Waals surface area contributed by atoms with Gasteiger partial charge in [-0.05, 0) is 18.6 Å². The van der Waals surface area contributed by atoms with Gasteiger partial charge in [0.15, 0.2) is 17.6 Å². The molecule has 0 aliphatic carbocycles. The number of esters is 1. The van der Waals surface area contributed by atoms with Gasteiger partial charge in [-0.25, -0.2) is 4.79 Å². The Hall–Kier alpha value is -1.46. The van der Waals surface area contributed by atoms with E-state index in [2.05, 4.69) is 4.74 Å². The minimum Gasteiger partial charge on any atom is -0.504 e. The standard InChI is InChI=1S/C11H13ClO5/c1-5-4-6(13)10(16-2)8(12)7(5)9(14)11(15)17-3/h4,9,13-14H,1-3H3. The largest absolute Gasteiger partial charge is 0.504 e. The van der Waals surface area contributed by atoms with E-state index in [9.17, 15) is 15.0 Å². The van der Waals surface area contributed by atoms with Crippen LogP contribution in [0.5, 0.6) is 11.5 Å². The molecule has 94 valence electrons. The average molecular weight is 261 g/mol. The second-order valence-electron chi connectivity index (χ2n) is 3.40. The third-order valence-electron chi connectivity index (χ3n) is 2.35. The predicted molar refractivity (Wildman–Crippen MR) is 61.4 cm³/mol. The lowest BCUT2D eigenvalue weighted by atomic mass is 10.0. The van der Waals surface area contributed by atoms with Crippen molar-refractivity contribution in [2.24, 2.45) is 0 Å². The van der Waals surface area contributed by atoms with E-state index in [1.165, 1.54) is 13.2 Å². The Morgan fingerprint density at radius 3 is 2.53 bits per heavy atom. The van der Waals surface area contributed by atoms with Crippen LogP contribution in [0, 0.1) is 6.92 Å². The van der Waals surface area contributed by atoms with E-state index in [1.54, 1.807) is 6.92 Å². The summed E-state index contributed by atoms with van der Waals surface area (Å²) < 4.78 is 9.32. The highest BCUT2D eigenvalue weighted by Crippen LogP contribution is 2.41. The molecule has 1 aromatic carbocycles. The molecule has 0 fully saturated rings. The molecule has 5 nitrogen and oxygen atoms in total. The summed E-state index contributed by atoms with van der Waals surface area (Å²) in [6, 6.07) is 1.35. The summed E-state index contributed by atoms with van der Waals surface area (Å²) in [4.78, 5) is 11.3. The fraction of sp³-hybridized carbons (Fsp3) is 0.364. The van der Waals surface area contributed by atoms with Crippen molar-refractivity contribution >= 4 is 17.6 Å². The van der Waals surface area contributed by atoms with Crippen molar-refractivity contribution < 1.29 is 24.5 Å². The van der Waals surface area contributed by atoms with Crippen LogP contribution in [-0.4, -0.2) is 30.4 Å². The molecule has 0 aliphatic heterocycles. The first kappa shape index (κ1) is 13.6.